The minimum absolute atomic E-state index is 0.363. The van der Waals surface area contributed by atoms with Crippen LogP contribution in [0.3, 0.4) is 0 Å². The van der Waals surface area contributed by atoms with Crippen LogP contribution in [0, 0.1) is 0 Å². The van der Waals surface area contributed by atoms with Crippen molar-refractivity contribution in [2.75, 3.05) is 20.8 Å². The molecule has 3 heteroatoms. The number of hydrogen-bond donors (Lipinski definition) is 0. The summed E-state index contributed by atoms with van der Waals surface area (Å²) in [6, 6.07) is 7.70. The van der Waals surface area contributed by atoms with Gasteiger partial charge in [-0.25, -0.2) is 0 Å². The maximum absolute atomic E-state index is 5.46. The van der Waals surface area contributed by atoms with Crippen LogP contribution in [0.2, 0.25) is 0 Å². The van der Waals surface area contributed by atoms with Crippen LogP contribution in [0.5, 0.6) is 5.75 Å². The molecule has 0 aliphatic carbocycles. The summed E-state index contributed by atoms with van der Waals surface area (Å²) in [5.41, 5.74) is 0.916. The van der Waals surface area contributed by atoms with Gasteiger partial charge in [-0.1, -0.05) is 18.2 Å². The molecule has 3 nitrogen and oxygen atoms in total. The van der Waals surface area contributed by atoms with Gasteiger partial charge in [0, 0.05) is 19.8 Å². The molecule has 0 saturated heterocycles. The molecule has 0 unspecified atom stereocenters. The summed E-state index contributed by atoms with van der Waals surface area (Å²) in [5.74, 6) is 0.809. The maximum Gasteiger partial charge on any atom is 0.186 e. The van der Waals surface area contributed by atoms with Crippen molar-refractivity contribution >= 4 is 0 Å². The Morgan fingerprint density at radius 2 is 1.79 bits per heavy atom. The van der Waals surface area contributed by atoms with Crippen LogP contribution in [0.1, 0.15) is 18.8 Å². The van der Waals surface area contributed by atoms with E-state index in [1.807, 2.05) is 31.2 Å². The summed E-state index contributed by atoms with van der Waals surface area (Å²) >= 11 is 0. The monoisotopic (exact) mass is 196 g/mol. The molecule has 0 heterocycles. The van der Waals surface area contributed by atoms with E-state index in [1.165, 1.54) is 0 Å². The fourth-order valence-corrected chi connectivity index (χ4v) is 1.31. The van der Waals surface area contributed by atoms with Gasteiger partial charge >= 0.3 is 0 Å². The van der Waals surface area contributed by atoms with Crippen molar-refractivity contribution in [1.29, 1.82) is 0 Å². The molecule has 0 aliphatic heterocycles. The fourth-order valence-electron chi connectivity index (χ4n) is 1.31. The van der Waals surface area contributed by atoms with Crippen molar-refractivity contribution < 1.29 is 14.2 Å². The van der Waals surface area contributed by atoms with Crippen LogP contribution < -0.4 is 4.74 Å². The highest BCUT2D eigenvalue weighted by atomic mass is 16.7. The Kier molecular flexibility index (Phi) is 4.43. The van der Waals surface area contributed by atoms with E-state index in [4.69, 9.17) is 14.2 Å². The zero-order chi connectivity index (χ0) is 10.4. The molecule has 1 rings (SSSR count). The SMILES string of the molecule is CCOc1ccccc1C(OC)OC. The van der Waals surface area contributed by atoms with Crippen molar-refractivity contribution in [3.8, 4) is 5.75 Å². The predicted molar refractivity (Wildman–Crippen MR) is 54.4 cm³/mol. The molecule has 1 aromatic rings. The minimum atomic E-state index is -0.363. The molecule has 0 bridgehead atoms. The van der Waals surface area contributed by atoms with Gasteiger partial charge in [0.2, 0.25) is 0 Å². The fraction of sp³-hybridized carbons (Fsp3) is 0.455. The Labute approximate surface area is 84.6 Å². The average Bonchev–Trinajstić information content (AvgIpc) is 2.23. The number of methoxy groups -OCH3 is 2. The van der Waals surface area contributed by atoms with Gasteiger partial charge in [-0.3, -0.25) is 0 Å². The second-order valence-electron chi connectivity index (χ2n) is 2.77. The summed E-state index contributed by atoms with van der Waals surface area (Å²) in [6.45, 7) is 2.59. The van der Waals surface area contributed by atoms with Gasteiger partial charge in [0.25, 0.3) is 0 Å². The average molecular weight is 196 g/mol. The lowest BCUT2D eigenvalue weighted by Gasteiger charge is -2.17. The first-order valence-corrected chi connectivity index (χ1v) is 4.60. The molecule has 78 valence electrons. The topological polar surface area (TPSA) is 27.7 Å². The molecule has 0 aromatic heterocycles. The molecular formula is C11H16O3. The van der Waals surface area contributed by atoms with Gasteiger partial charge in [0.05, 0.1) is 6.61 Å². The van der Waals surface area contributed by atoms with Gasteiger partial charge in [-0.05, 0) is 13.0 Å². The van der Waals surface area contributed by atoms with Gasteiger partial charge in [-0.2, -0.15) is 0 Å². The van der Waals surface area contributed by atoms with Crippen molar-refractivity contribution in [2.45, 2.75) is 13.2 Å². The molecule has 0 spiro atoms. The molecule has 0 atom stereocenters. The molecule has 1 aromatic carbocycles. The summed E-state index contributed by atoms with van der Waals surface area (Å²) < 4.78 is 15.8. The van der Waals surface area contributed by atoms with E-state index in [2.05, 4.69) is 0 Å². The van der Waals surface area contributed by atoms with Crippen molar-refractivity contribution in [1.82, 2.24) is 0 Å². The largest absolute Gasteiger partial charge is 0.493 e. The van der Waals surface area contributed by atoms with Crippen molar-refractivity contribution in [2.24, 2.45) is 0 Å². The van der Waals surface area contributed by atoms with E-state index in [9.17, 15) is 0 Å². The lowest BCUT2D eigenvalue weighted by atomic mass is 10.2. The van der Waals surface area contributed by atoms with Crippen LogP contribution in [-0.2, 0) is 9.47 Å². The molecule has 0 radical (unpaired) electrons. The molecule has 14 heavy (non-hydrogen) atoms. The molecule has 0 saturated carbocycles. The van der Waals surface area contributed by atoms with E-state index >= 15 is 0 Å². The number of benzene rings is 1. The first-order chi connectivity index (χ1) is 6.83. The third-order valence-electron chi connectivity index (χ3n) is 1.90. The highest BCUT2D eigenvalue weighted by Crippen LogP contribution is 2.27. The summed E-state index contributed by atoms with van der Waals surface area (Å²) in [7, 11) is 3.22. The quantitative estimate of drug-likeness (QED) is 0.677. The Bertz CT molecular complexity index is 269. The third-order valence-corrected chi connectivity index (χ3v) is 1.90. The molecule has 0 aliphatic rings. The van der Waals surface area contributed by atoms with Crippen molar-refractivity contribution in [3.05, 3.63) is 29.8 Å². The first-order valence-electron chi connectivity index (χ1n) is 4.60. The first kappa shape index (κ1) is 11.0. The summed E-state index contributed by atoms with van der Waals surface area (Å²) in [6.07, 6.45) is -0.363. The highest BCUT2D eigenvalue weighted by Gasteiger charge is 2.13. The summed E-state index contributed by atoms with van der Waals surface area (Å²) in [5, 5.41) is 0. The Balaban J connectivity index is 2.92. The van der Waals surface area contributed by atoms with E-state index < -0.39 is 0 Å². The van der Waals surface area contributed by atoms with E-state index in [1.54, 1.807) is 14.2 Å². The van der Waals surface area contributed by atoms with Gasteiger partial charge < -0.3 is 14.2 Å². The van der Waals surface area contributed by atoms with Crippen molar-refractivity contribution in [3.63, 3.8) is 0 Å². The maximum atomic E-state index is 5.46. The second-order valence-corrected chi connectivity index (χ2v) is 2.77. The van der Waals surface area contributed by atoms with Gasteiger partial charge in [-0.15, -0.1) is 0 Å². The van der Waals surface area contributed by atoms with E-state index in [0.717, 1.165) is 11.3 Å². The Morgan fingerprint density at radius 1 is 1.14 bits per heavy atom. The molecular weight excluding hydrogens is 180 g/mol. The second kappa shape index (κ2) is 5.62. The Hall–Kier alpha value is -1.06. The van der Waals surface area contributed by atoms with Crippen LogP contribution in [0.15, 0.2) is 24.3 Å². The van der Waals surface area contributed by atoms with Gasteiger partial charge in [0.15, 0.2) is 6.29 Å². The molecule has 0 fully saturated rings. The van der Waals surface area contributed by atoms with E-state index in [0.29, 0.717) is 6.61 Å². The minimum Gasteiger partial charge on any atom is -0.493 e. The smallest absolute Gasteiger partial charge is 0.186 e. The highest BCUT2D eigenvalue weighted by molar-refractivity contribution is 5.34. The van der Waals surface area contributed by atoms with Crippen LogP contribution in [0.4, 0.5) is 0 Å². The molecule has 0 amide bonds. The number of para-hydroxylation sites is 1. The third kappa shape index (κ3) is 2.47. The zero-order valence-corrected chi connectivity index (χ0v) is 8.82. The summed E-state index contributed by atoms with van der Waals surface area (Å²) in [4.78, 5) is 0. The standard InChI is InChI=1S/C11H16O3/c1-4-14-10-8-6-5-7-9(10)11(12-2)13-3/h5-8,11H,4H2,1-3H3. The normalized spacial score (nSPS) is 10.6. The van der Waals surface area contributed by atoms with Crippen LogP contribution in [-0.4, -0.2) is 20.8 Å². The van der Waals surface area contributed by atoms with Crippen LogP contribution >= 0.6 is 0 Å². The number of ether oxygens (including phenoxy) is 3. The lowest BCUT2D eigenvalue weighted by molar-refractivity contribution is -0.107. The Morgan fingerprint density at radius 3 is 2.36 bits per heavy atom. The zero-order valence-electron chi connectivity index (χ0n) is 8.82. The molecule has 0 N–H and O–H groups in total. The number of hydrogen-bond acceptors (Lipinski definition) is 3. The van der Waals surface area contributed by atoms with Crippen LogP contribution in [0.25, 0.3) is 0 Å². The predicted octanol–water partition coefficient (Wildman–Crippen LogP) is 2.38. The van der Waals surface area contributed by atoms with Gasteiger partial charge in [0.1, 0.15) is 5.75 Å². The van der Waals surface area contributed by atoms with E-state index in [-0.39, 0.29) is 6.29 Å². The lowest BCUT2D eigenvalue weighted by Crippen LogP contribution is -2.06. The number of rotatable bonds is 5.